The maximum absolute atomic E-state index is 11.3. The zero-order chi connectivity index (χ0) is 9.84. The van der Waals surface area contributed by atoms with Gasteiger partial charge in [-0.25, -0.2) is 0 Å². The van der Waals surface area contributed by atoms with Crippen LogP contribution in [0.1, 0.15) is 23.7 Å². The van der Waals surface area contributed by atoms with Gasteiger partial charge in [0, 0.05) is 33.6 Å². The third kappa shape index (κ3) is 4.22. The number of hydrogen-bond acceptors (Lipinski definition) is 2. The molecule has 2 nitrogen and oxygen atoms in total. The first-order chi connectivity index (χ1) is 6.09. The van der Waals surface area contributed by atoms with Gasteiger partial charge in [-0.3, -0.25) is 9.59 Å². The molecule has 0 bridgehead atoms. The van der Waals surface area contributed by atoms with Gasteiger partial charge in [-0.15, -0.1) is 0 Å². The average Bonchev–Trinajstić information content (AvgIpc) is 2.04. The van der Waals surface area contributed by atoms with Crippen LogP contribution in [-0.2, 0) is 4.79 Å². The maximum atomic E-state index is 11.3. The van der Waals surface area contributed by atoms with Gasteiger partial charge in [0.1, 0.15) is 5.78 Å². The van der Waals surface area contributed by atoms with Crippen LogP contribution < -0.4 is 0 Å². The van der Waals surface area contributed by atoms with Gasteiger partial charge in [0.2, 0.25) is 0 Å². The molecule has 70 valence electrons. The quantitative estimate of drug-likeness (QED) is 0.445. The van der Waals surface area contributed by atoms with E-state index in [0.29, 0.717) is 10.6 Å². The Morgan fingerprint density at radius 1 is 1.21 bits per heavy atom. The number of Topliss-reactive ketones (excluding diaryl/α,β-unsaturated/α-hetero) is 2. The first-order valence-corrected chi connectivity index (χ1v) is 4.25. The summed E-state index contributed by atoms with van der Waals surface area (Å²) in [4.78, 5) is 22.0. The fraction of sp³-hybridized carbons (Fsp3) is 0.200. The van der Waals surface area contributed by atoms with Crippen molar-refractivity contribution in [1.82, 2.24) is 0 Å². The van der Waals surface area contributed by atoms with E-state index in [2.05, 4.69) is 0 Å². The van der Waals surface area contributed by atoms with Gasteiger partial charge in [-0.1, -0.05) is 11.6 Å². The lowest BCUT2D eigenvalue weighted by atomic mass is 10.1. The molecule has 0 aliphatic heterocycles. The Morgan fingerprint density at radius 3 is 2.14 bits per heavy atom. The molecule has 0 saturated heterocycles. The highest BCUT2D eigenvalue weighted by Crippen LogP contribution is 2.11. The lowest BCUT2D eigenvalue weighted by molar-refractivity contribution is -0.116. The Bertz CT molecular complexity index is 332. The third-order valence-electron chi connectivity index (χ3n) is 1.58. The third-order valence-corrected chi connectivity index (χ3v) is 1.83. The first kappa shape index (κ1) is 13.6. The molecule has 0 heterocycles. The molecule has 1 aromatic rings. The summed E-state index contributed by atoms with van der Waals surface area (Å²) in [6.07, 6.45) is -0.0400. The standard InChI is InChI=1S/C10H9ClO2.Mg/c1-7(12)6-10(13)8-2-4-9(11)5-3-8;/h2-5H,6H2,1H3;. The van der Waals surface area contributed by atoms with Gasteiger partial charge in [0.05, 0.1) is 6.42 Å². The minimum Gasteiger partial charge on any atom is -0.300 e. The summed E-state index contributed by atoms with van der Waals surface area (Å²) in [5, 5.41) is 0.583. The van der Waals surface area contributed by atoms with Crippen molar-refractivity contribution in [2.45, 2.75) is 13.3 Å². The number of carbonyl (C=O) groups excluding carboxylic acids is 2. The number of benzene rings is 1. The fourth-order valence-corrected chi connectivity index (χ4v) is 1.09. The summed E-state index contributed by atoms with van der Waals surface area (Å²) in [5.41, 5.74) is 0.527. The van der Waals surface area contributed by atoms with Crippen molar-refractivity contribution in [2.75, 3.05) is 0 Å². The topological polar surface area (TPSA) is 34.1 Å². The van der Waals surface area contributed by atoms with Crippen LogP contribution in [-0.4, -0.2) is 34.6 Å². The molecule has 4 heteroatoms. The Labute approximate surface area is 104 Å². The van der Waals surface area contributed by atoms with Gasteiger partial charge in [-0.05, 0) is 31.2 Å². The molecule has 0 aromatic heterocycles. The first-order valence-electron chi connectivity index (χ1n) is 3.88. The van der Waals surface area contributed by atoms with Crippen molar-refractivity contribution in [3.05, 3.63) is 34.9 Å². The van der Waals surface area contributed by atoms with E-state index >= 15 is 0 Å². The normalized spacial score (nSPS) is 9.00. The van der Waals surface area contributed by atoms with Crippen LogP contribution in [0.25, 0.3) is 0 Å². The Morgan fingerprint density at radius 2 is 1.71 bits per heavy atom. The van der Waals surface area contributed by atoms with E-state index in [-0.39, 0.29) is 41.0 Å². The predicted molar refractivity (Wildman–Crippen MR) is 56.8 cm³/mol. The Kier molecular flexibility index (Phi) is 6.00. The number of ketones is 2. The molecule has 1 aromatic carbocycles. The lowest BCUT2D eigenvalue weighted by Crippen LogP contribution is -2.04. The molecule has 1 rings (SSSR count). The molecule has 0 fully saturated rings. The molecular formula is C10H9ClMgO2. The summed E-state index contributed by atoms with van der Waals surface area (Å²) in [7, 11) is 0. The number of halogens is 1. The second kappa shape index (κ2) is 6.17. The van der Waals surface area contributed by atoms with Crippen molar-refractivity contribution in [3.8, 4) is 0 Å². The molecule has 0 atom stereocenters. The largest absolute Gasteiger partial charge is 0.300 e. The van der Waals surface area contributed by atoms with Gasteiger partial charge < -0.3 is 0 Å². The van der Waals surface area contributed by atoms with Crippen LogP contribution in [0.5, 0.6) is 0 Å². The molecule has 0 aliphatic carbocycles. The second-order valence-electron chi connectivity index (χ2n) is 2.81. The molecule has 0 spiro atoms. The highest BCUT2D eigenvalue weighted by Gasteiger charge is 2.07. The van der Waals surface area contributed by atoms with Crippen LogP contribution in [0.3, 0.4) is 0 Å². The Balaban J connectivity index is 0.00000169. The summed E-state index contributed by atoms with van der Waals surface area (Å²) in [6, 6.07) is 6.51. The van der Waals surface area contributed by atoms with Crippen LogP contribution in [0, 0.1) is 0 Å². The lowest BCUT2D eigenvalue weighted by Gasteiger charge is -1.97. The van der Waals surface area contributed by atoms with Crippen molar-refractivity contribution in [3.63, 3.8) is 0 Å². The summed E-state index contributed by atoms with van der Waals surface area (Å²) >= 11 is 5.64. The Hall–Kier alpha value is -0.384. The maximum Gasteiger partial charge on any atom is 0.170 e. The van der Waals surface area contributed by atoms with Crippen LogP contribution in [0.4, 0.5) is 0 Å². The number of hydrogen-bond donors (Lipinski definition) is 0. The zero-order valence-corrected chi connectivity index (χ0v) is 10.1. The molecule has 0 amide bonds. The van der Waals surface area contributed by atoms with E-state index in [9.17, 15) is 9.59 Å². The minimum absolute atomic E-state index is 0. The molecule has 0 N–H and O–H groups in total. The predicted octanol–water partition coefficient (Wildman–Crippen LogP) is 2.12. The summed E-state index contributed by atoms with van der Waals surface area (Å²) in [6.45, 7) is 1.40. The number of carbonyl (C=O) groups is 2. The van der Waals surface area contributed by atoms with E-state index in [4.69, 9.17) is 11.6 Å². The minimum atomic E-state index is -0.163. The number of rotatable bonds is 3. The molecule has 0 saturated carbocycles. The zero-order valence-electron chi connectivity index (χ0n) is 7.92. The van der Waals surface area contributed by atoms with Crippen molar-refractivity contribution < 1.29 is 9.59 Å². The molecular weight excluding hydrogens is 212 g/mol. The molecule has 0 unspecified atom stereocenters. The highest BCUT2D eigenvalue weighted by molar-refractivity contribution is 6.30. The van der Waals surface area contributed by atoms with Crippen molar-refractivity contribution in [1.29, 1.82) is 0 Å². The smallest absolute Gasteiger partial charge is 0.170 e. The van der Waals surface area contributed by atoms with Gasteiger partial charge in [-0.2, -0.15) is 0 Å². The average molecular weight is 221 g/mol. The highest BCUT2D eigenvalue weighted by atomic mass is 35.5. The van der Waals surface area contributed by atoms with Crippen molar-refractivity contribution >= 4 is 46.2 Å². The van der Waals surface area contributed by atoms with Gasteiger partial charge in [0.15, 0.2) is 5.78 Å². The van der Waals surface area contributed by atoms with E-state index in [1.54, 1.807) is 24.3 Å². The molecule has 2 radical (unpaired) electrons. The van der Waals surface area contributed by atoms with Crippen LogP contribution in [0.15, 0.2) is 24.3 Å². The van der Waals surface area contributed by atoms with Crippen molar-refractivity contribution in [2.24, 2.45) is 0 Å². The fourth-order valence-electron chi connectivity index (χ4n) is 0.964. The second-order valence-corrected chi connectivity index (χ2v) is 3.25. The molecule has 0 aliphatic rings. The van der Waals surface area contributed by atoms with Gasteiger partial charge >= 0.3 is 0 Å². The molecule has 14 heavy (non-hydrogen) atoms. The van der Waals surface area contributed by atoms with E-state index < -0.39 is 0 Å². The SMILES string of the molecule is CC(=O)CC(=O)c1ccc(Cl)cc1.[Mg]. The van der Waals surface area contributed by atoms with Crippen LogP contribution in [0.2, 0.25) is 5.02 Å². The van der Waals surface area contributed by atoms with E-state index in [0.717, 1.165) is 0 Å². The van der Waals surface area contributed by atoms with E-state index in [1.807, 2.05) is 0 Å². The summed E-state index contributed by atoms with van der Waals surface area (Å²) < 4.78 is 0. The summed E-state index contributed by atoms with van der Waals surface area (Å²) in [5.74, 6) is -0.288. The monoisotopic (exact) mass is 220 g/mol. The van der Waals surface area contributed by atoms with E-state index in [1.165, 1.54) is 6.92 Å². The van der Waals surface area contributed by atoms with Gasteiger partial charge in [0.25, 0.3) is 0 Å². The van der Waals surface area contributed by atoms with Crippen LogP contribution >= 0.6 is 11.6 Å².